The molecule has 2 rings (SSSR count). The molecule has 0 atom stereocenters. The molecule has 2 aromatic rings. The van der Waals surface area contributed by atoms with Gasteiger partial charge >= 0.3 is 5.97 Å². The normalized spacial score (nSPS) is 10.4. The fourth-order valence-corrected chi connectivity index (χ4v) is 1.98. The van der Waals surface area contributed by atoms with Crippen molar-refractivity contribution in [3.63, 3.8) is 0 Å². The van der Waals surface area contributed by atoms with Crippen molar-refractivity contribution in [3.05, 3.63) is 46.2 Å². The lowest BCUT2D eigenvalue weighted by atomic mass is 10.2. The molecule has 0 aliphatic heterocycles. The summed E-state index contributed by atoms with van der Waals surface area (Å²) < 4.78 is 0. The summed E-state index contributed by atoms with van der Waals surface area (Å²) in [6.07, 6.45) is 1.86. The van der Waals surface area contributed by atoms with Gasteiger partial charge in [0.15, 0.2) is 5.82 Å². The van der Waals surface area contributed by atoms with Crippen LogP contribution in [0.25, 0.3) is 11.4 Å². The first-order valence-corrected chi connectivity index (χ1v) is 6.31. The third-order valence-corrected chi connectivity index (χ3v) is 3.07. The van der Waals surface area contributed by atoms with Crippen LogP contribution in [0.1, 0.15) is 12.0 Å². The number of carboxylic acids is 1. The molecule has 1 aromatic heterocycles. The molecular weight excluding hydrogens is 287 g/mol. The maximum absolute atomic E-state index is 10.5. The van der Waals surface area contributed by atoms with Gasteiger partial charge in [-0.05, 0) is 18.6 Å². The van der Waals surface area contributed by atoms with Gasteiger partial charge in [0.25, 0.3) is 0 Å². The summed E-state index contributed by atoms with van der Waals surface area (Å²) in [5, 5.41) is 9.49. The Morgan fingerprint density at radius 1 is 1.32 bits per heavy atom. The van der Waals surface area contributed by atoms with Crippen molar-refractivity contribution >= 4 is 29.2 Å². The standard InChI is InChI=1S/C13H10Cl2N2O2/c14-10-3-1-2-8(6-10)13-16-7-9(12(15)17-13)4-5-11(18)19/h1-3,6-7H,4-5H2,(H,18,19). The Balaban J connectivity index is 2.26. The van der Waals surface area contributed by atoms with Crippen LogP contribution in [-0.4, -0.2) is 21.0 Å². The van der Waals surface area contributed by atoms with Gasteiger partial charge in [0.2, 0.25) is 0 Å². The van der Waals surface area contributed by atoms with Crippen molar-refractivity contribution in [2.45, 2.75) is 12.8 Å². The van der Waals surface area contributed by atoms with Gasteiger partial charge in [0.05, 0.1) is 0 Å². The number of aromatic nitrogens is 2. The van der Waals surface area contributed by atoms with Crippen LogP contribution in [-0.2, 0) is 11.2 Å². The van der Waals surface area contributed by atoms with E-state index in [0.29, 0.717) is 22.8 Å². The fourth-order valence-electron chi connectivity index (χ4n) is 1.56. The van der Waals surface area contributed by atoms with Crippen molar-refractivity contribution in [2.75, 3.05) is 0 Å². The quantitative estimate of drug-likeness (QED) is 0.878. The Hall–Kier alpha value is -1.65. The summed E-state index contributed by atoms with van der Waals surface area (Å²) in [6, 6.07) is 7.12. The molecule has 0 bridgehead atoms. The monoisotopic (exact) mass is 296 g/mol. The van der Waals surface area contributed by atoms with Gasteiger partial charge in [-0.1, -0.05) is 35.3 Å². The van der Waals surface area contributed by atoms with Crippen molar-refractivity contribution in [1.82, 2.24) is 9.97 Å². The number of carboxylic acid groups (broad SMARTS) is 1. The molecule has 1 aromatic carbocycles. The van der Waals surface area contributed by atoms with Gasteiger partial charge < -0.3 is 5.11 Å². The number of aliphatic carboxylic acids is 1. The Labute approximate surface area is 120 Å². The fraction of sp³-hybridized carbons (Fsp3) is 0.154. The zero-order chi connectivity index (χ0) is 13.8. The average Bonchev–Trinajstić information content (AvgIpc) is 2.37. The van der Waals surface area contributed by atoms with Gasteiger partial charge in [0, 0.05) is 28.8 Å². The smallest absolute Gasteiger partial charge is 0.303 e. The number of aryl methyl sites for hydroxylation is 1. The number of halogens is 2. The van der Waals surface area contributed by atoms with E-state index in [4.69, 9.17) is 28.3 Å². The Morgan fingerprint density at radius 2 is 2.11 bits per heavy atom. The SMILES string of the molecule is O=C(O)CCc1cnc(-c2cccc(Cl)c2)nc1Cl. The number of benzene rings is 1. The molecule has 0 amide bonds. The van der Waals surface area contributed by atoms with Crippen molar-refractivity contribution in [2.24, 2.45) is 0 Å². The first-order valence-electron chi connectivity index (χ1n) is 5.55. The van der Waals surface area contributed by atoms with Gasteiger partial charge in [-0.15, -0.1) is 0 Å². The van der Waals surface area contributed by atoms with Gasteiger partial charge in [-0.25, -0.2) is 9.97 Å². The zero-order valence-corrected chi connectivity index (χ0v) is 11.3. The molecule has 0 unspecified atom stereocenters. The summed E-state index contributed by atoms with van der Waals surface area (Å²) in [5.74, 6) is -0.415. The molecule has 0 saturated carbocycles. The van der Waals surface area contributed by atoms with Crippen molar-refractivity contribution in [1.29, 1.82) is 0 Å². The van der Waals surface area contributed by atoms with Crippen LogP contribution in [0.15, 0.2) is 30.5 Å². The molecule has 0 aliphatic carbocycles. The highest BCUT2D eigenvalue weighted by Gasteiger charge is 2.09. The molecule has 0 aliphatic rings. The highest BCUT2D eigenvalue weighted by atomic mass is 35.5. The van der Waals surface area contributed by atoms with Crippen LogP contribution in [0.5, 0.6) is 0 Å². The summed E-state index contributed by atoms with van der Waals surface area (Å²) in [4.78, 5) is 18.9. The number of carbonyl (C=O) groups is 1. The third kappa shape index (κ3) is 3.66. The van der Waals surface area contributed by atoms with E-state index in [9.17, 15) is 4.79 Å². The first-order chi connectivity index (χ1) is 9.06. The lowest BCUT2D eigenvalue weighted by Crippen LogP contribution is -2.00. The summed E-state index contributed by atoms with van der Waals surface area (Å²) in [7, 11) is 0. The van der Waals surface area contributed by atoms with Crippen LogP contribution in [0.4, 0.5) is 0 Å². The summed E-state index contributed by atoms with van der Waals surface area (Å²) >= 11 is 11.9. The Bertz CT molecular complexity index is 617. The minimum atomic E-state index is -0.880. The van der Waals surface area contributed by atoms with E-state index >= 15 is 0 Å². The molecule has 0 radical (unpaired) electrons. The van der Waals surface area contributed by atoms with E-state index in [1.54, 1.807) is 24.4 Å². The Kier molecular flexibility index (Phi) is 4.35. The van der Waals surface area contributed by atoms with E-state index in [-0.39, 0.29) is 11.6 Å². The van der Waals surface area contributed by atoms with Crippen molar-refractivity contribution < 1.29 is 9.90 Å². The van der Waals surface area contributed by atoms with E-state index in [1.807, 2.05) is 6.07 Å². The second kappa shape index (κ2) is 5.99. The molecule has 0 saturated heterocycles. The largest absolute Gasteiger partial charge is 0.481 e. The molecule has 1 N–H and O–H groups in total. The minimum absolute atomic E-state index is 0.000405. The molecule has 0 spiro atoms. The van der Waals surface area contributed by atoms with Gasteiger partial charge in [-0.2, -0.15) is 0 Å². The summed E-state index contributed by atoms with van der Waals surface area (Å²) in [5.41, 5.74) is 1.38. The molecule has 0 fully saturated rings. The lowest BCUT2D eigenvalue weighted by molar-refractivity contribution is -0.136. The number of hydrogen-bond donors (Lipinski definition) is 1. The highest BCUT2D eigenvalue weighted by Crippen LogP contribution is 2.22. The number of nitrogens with zero attached hydrogens (tertiary/aromatic N) is 2. The van der Waals surface area contributed by atoms with Crippen LogP contribution < -0.4 is 0 Å². The molecular formula is C13H10Cl2N2O2. The highest BCUT2D eigenvalue weighted by molar-refractivity contribution is 6.31. The molecule has 6 heteroatoms. The lowest BCUT2D eigenvalue weighted by Gasteiger charge is -2.05. The van der Waals surface area contributed by atoms with E-state index in [1.165, 1.54) is 0 Å². The van der Waals surface area contributed by atoms with E-state index < -0.39 is 5.97 Å². The second-order valence-electron chi connectivity index (χ2n) is 3.91. The molecule has 4 nitrogen and oxygen atoms in total. The van der Waals surface area contributed by atoms with Gasteiger partial charge in [-0.3, -0.25) is 4.79 Å². The predicted molar refractivity (Wildman–Crippen MR) is 73.4 cm³/mol. The zero-order valence-electron chi connectivity index (χ0n) is 9.81. The van der Waals surface area contributed by atoms with E-state index in [0.717, 1.165) is 5.56 Å². The number of hydrogen-bond acceptors (Lipinski definition) is 3. The van der Waals surface area contributed by atoms with Crippen LogP contribution in [0.2, 0.25) is 10.2 Å². The van der Waals surface area contributed by atoms with Crippen LogP contribution in [0, 0.1) is 0 Å². The molecule has 98 valence electrons. The molecule has 1 heterocycles. The maximum atomic E-state index is 10.5. The van der Waals surface area contributed by atoms with Gasteiger partial charge in [0.1, 0.15) is 5.15 Å². The van der Waals surface area contributed by atoms with Crippen LogP contribution >= 0.6 is 23.2 Å². The average molecular weight is 297 g/mol. The van der Waals surface area contributed by atoms with E-state index in [2.05, 4.69) is 9.97 Å². The van der Waals surface area contributed by atoms with Crippen molar-refractivity contribution in [3.8, 4) is 11.4 Å². The second-order valence-corrected chi connectivity index (χ2v) is 4.71. The summed E-state index contributed by atoms with van der Waals surface area (Å²) in [6.45, 7) is 0. The minimum Gasteiger partial charge on any atom is -0.481 e. The Morgan fingerprint density at radius 3 is 2.74 bits per heavy atom. The maximum Gasteiger partial charge on any atom is 0.303 e. The first kappa shape index (κ1) is 13.8. The van der Waals surface area contributed by atoms with Crippen LogP contribution in [0.3, 0.4) is 0 Å². The predicted octanol–water partition coefficient (Wildman–Crippen LogP) is 3.47. The third-order valence-electron chi connectivity index (χ3n) is 2.50. The molecule has 19 heavy (non-hydrogen) atoms. The number of rotatable bonds is 4. The topological polar surface area (TPSA) is 63.1 Å².